The number of para-hydroxylation sites is 1. The van der Waals surface area contributed by atoms with Crippen LogP contribution >= 0.6 is 0 Å². The summed E-state index contributed by atoms with van der Waals surface area (Å²) in [4.78, 5) is 11.6. The van der Waals surface area contributed by atoms with Gasteiger partial charge in [-0.05, 0) is 31.9 Å². The molecule has 134 valence electrons. The third-order valence-corrected chi connectivity index (χ3v) is 3.06. The van der Waals surface area contributed by atoms with Crippen LogP contribution in [0.5, 0.6) is 5.75 Å². The van der Waals surface area contributed by atoms with Crippen molar-refractivity contribution in [2.45, 2.75) is 46.0 Å². The molecule has 0 saturated carbocycles. The Hall–Kier alpha value is -1.85. The molecule has 0 aromatic heterocycles. The van der Waals surface area contributed by atoms with E-state index in [4.69, 9.17) is 18.9 Å². The SMILES string of the molecule is C=C(C)C(=O)OCCC(OCCC)(OCCC)Oc1ccccc1. The first-order valence-electron chi connectivity index (χ1n) is 8.37. The van der Waals surface area contributed by atoms with Crippen molar-refractivity contribution in [3.05, 3.63) is 42.5 Å². The number of benzene rings is 1. The molecule has 1 rings (SSSR count). The molecule has 0 fully saturated rings. The molecule has 0 unspecified atom stereocenters. The zero-order valence-electron chi connectivity index (χ0n) is 14.9. The summed E-state index contributed by atoms with van der Waals surface area (Å²) in [5.41, 5.74) is 0.355. The van der Waals surface area contributed by atoms with Gasteiger partial charge in [-0.1, -0.05) is 38.6 Å². The van der Waals surface area contributed by atoms with Crippen molar-refractivity contribution in [2.24, 2.45) is 0 Å². The van der Waals surface area contributed by atoms with Crippen LogP contribution in [0.4, 0.5) is 0 Å². The highest BCUT2D eigenvalue weighted by atomic mass is 16.9. The smallest absolute Gasteiger partial charge is 0.333 e. The standard InChI is InChI=1S/C19H28O5/c1-5-13-22-19(23-14-6-2,12-15-21-18(20)16(3)4)24-17-10-8-7-9-11-17/h7-11H,3,5-6,12-15H2,1-2,4H3. The first-order valence-corrected chi connectivity index (χ1v) is 8.37. The Morgan fingerprint density at radius 2 is 1.62 bits per heavy atom. The highest BCUT2D eigenvalue weighted by molar-refractivity contribution is 5.86. The number of hydrogen-bond donors (Lipinski definition) is 0. The predicted octanol–water partition coefficient (Wildman–Crippen LogP) is 4.08. The van der Waals surface area contributed by atoms with Gasteiger partial charge in [0.2, 0.25) is 0 Å². The molecule has 0 atom stereocenters. The molecule has 1 aromatic rings. The van der Waals surface area contributed by atoms with Crippen molar-refractivity contribution in [2.75, 3.05) is 19.8 Å². The molecule has 0 aliphatic carbocycles. The number of carbonyl (C=O) groups excluding carboxylic acids is 1. The van der Waals surface area contributed by atoms with Crippen molar-refractivity contribution in [3.8, 4) is 5.75 Å². The van der Waals surface area contributed by atoms with Crippen LogP contribution in [0.1, 0.15) is 40.0 Å². The quantitative estimate of drug-likeness (QED) is 0.327. The lowest BCUT2D eigenvalue weighted by molar-refractivity contribution is -0.348. The fourth-order valence-electron chi connectivity index (χ4n) is 1.87. The van der Waals surface area contributed by atoms with Gasteiger partial charge < -0.3 is 18.9 Å². The number of rotatable bonds is 12. The minimum absolute atomic E-state index is 0.117. The Balaban J connectivity index is 2.83. The van der Waals surface area contributed by atoms with E-state index in [1.807, 2.05) is 44.2 Å². The topological polar surface area (TPSA) is 54.0 Å². The lowest BCUT2D eigenvalue weighted by Crippen LogP contribution is -2.44. The lowest BCUT2D eigenvalue weighted by atomic mass is 10.3. The number of hydrogen-bond acceptors (Lipinski definition) is 5. The van der Waals surface area contributed by atoms with E-state index < -0.39 is 11.9 Å². The molecule has 0 bridgehead atoms. The zero-order chi connectivity index (χ0) is 17.8. The van der Waals surface area contributed by atoms with Gasteiger partial charge in [0.25, 0.3) is 0 Å². The van der Waals surface area contributed by atoms with E-state index in [1.165, 1.54) is 0 Å². The average molecular weight is 336 g/mol. The molecule has 5 nitrogen and oxygen atoms in total. The predicted molar refractivity (Wildman–Crippen MR) is 92.7 cm³/mol. The van der Waals surface area contributed by atoms with E-state index in [-0.39, 0.29) is 13.0 Å². The van der Waals surface area contributed by atoms with Crippen LogP contribution in [0.2, 0.25) is 0 Å². The summed E-state index contributed by atoms with van der Waals surface area (Å²) in [6.45, 7) is 10.3. The molecule has 0 aliphatic rings. The van der Waals surface area contributed by atoms with Gasteiger partial charge in [-0.15, -0.1) is 0 Å². The average Bonchev–Trinajstić information content (AvgIpc) is 2.58. The van der Waals surface area contributed by atoms with Gasteiger partial charge in [0.15, 0.2) is 0 Å². The summed E-state index contributed by atoms with van der Waals surface area (Å²) in [6.07, 6.45) is 1.91. The van der Waals surface area contributed by atoms with E-state index in [2.05, 4.69) is 6.58 Å². The third kappa shape index (κ3) is 7.15. The molecule has 0 amide bonds. The first-order chi connectivity index (χ1) is 11.5. The van der Waals surface area contributed by atoms with Crippen molar-refractivity contribution < 1.29 is 23.7 Å². The Morgan fingerprint density at radius 1 is 1.04 bits per heavy atom. The van der Waals surface area contributed by atoms with Gasteiger partial charge in [-0.3, -0.25) is 0 Å². The van der Waals surface area contributed by atoms with Crippen LogP contribution in [0, 0.1) is 0 Å². The third-order valence-electron chi connectivity index (χ3n) is 3.06. The Bertz CT molecular complexity index is 490. The monoisotopic (exact) mass is 336 g/mol. The van der Waals surface area contributed by atoms with Gasteiger partial charge in [-0.2, -0.15) is 0 Å². The maximum absolute atomic E-state index is 11.6. The second-order valence-corrected chi connectivity index (χ2v) is 5.46. The fraction of sp³-hybridized carbons (Fsp3) is 0.526. The van der Waals surface area contributed by atoms with Gasteiger partial charge >= 0.3 is 11.9 Å². The molecule has 24 heavy (non-hydrogen) atoms. The number of carbonyl (C=O) groups is 1. The normalized spacial score (nSPS) is 11.1. The summed E-state index contributed by atoms with van der Waals surface area (Å²) in [6, 6.07) is 9.32. The van der Waals surface area contributed by atoms with Crippen molar-refractivity contribution >= 4 is 5.97 Å². The van der Waals surface area contributed by atoms with Crippen LogP contribution in [0.25, 0.3) is 0 Å². The summed E-state index contributed by atoms with van der Waals surface area (Å²) in [5.74, 6) is -1.08. The minimum atomic E-state index is -1.28. The molecule has 0 N–H and O–H groups in total. The summed E-state index contributed by atoms with van der Waals surface area (Å²) < 4.78 is 22.9. The molecular weight excluding hydrogens is 308 g/mol. The van der Waals surface area contributed by atoms with Crippen LogP contribution in [-0.4, -0.2) is 31.8 Å². The number of ether oxygens (including phenoxy) is 4. The second kappa shape index (κ2) is 10.8. The van der Waals surface area contributed by atoms with Crippen LogP contribution < -0.4 is 4.74 Å². The van der Waals surface area contributed by atoms with Gasteiger partial charge in [0.1, 0.15) is 12.4 Å². The molecule has 0 radical (unpaired) electrons. The largest absolute Gasteiger partial charge is 0.462 e. The highest BCUT2D eigenvalue weighted by Gasteiger charge is 2.35. The minimum Gasteiger partial charge on any atom is -0.462 e. The number of esters is 1. The maximum atomic E-state index is 11.6. The van der Waals surface area contributed by atoms with E-state index in [9.17, 15) is 4.79 Å². The molecule has 0 spiro atoms. The van der Waals surface area contributed by atoms with E-state index in [0.29, 0.717) is 24.5 Å². The maximum Gasteiger partial charge on any atom is 0.333 e. The van der Waals surface area contributed by atoms with Crippen molar-refractivity contribution in [1.29, 1.82) is 0 Å². The summed E-state index contributed by atoms with van der Waals surface area (Å²) >= 11 is 0. The second-order valence-electron chi connectivity index (χ2n) is 5.46. The Morgan fingerprint density at radius 3 is 2.12 bits per heavy atom. The summed E-state index contributed by atoms with van der Waals surface area (Å²) in [7, 11) is 0. The zero-order valence-corrected chi connectivity index (χ0v) is 14.9. The van der Waals surface area contributed by atoms with Crippen LogP contribution in [-0.2, 0) is 19.0 Å². The summed E-state index contributed by atoms with van der Waals surface area (Å²) in [5, 5.41) is 0. The van der Waals surface area contributed by atoms with Crippen LogP contribution in [0.3, 0.4) is 0 Å². The van der Waals surface area contributed by atoms with Gasteiger partial charge in [-0.25, -0.2) is 4.79 Å². The Labute approximate surface area is 144 Å². The molecule has 0 saturated heterocycles. The van der Waals surface area contributed by atoms with Gasteiger partial charge in [0.05, 0.1) is 19.6 Å². The molecule has 0 heterocycles. The van der Waals surface area contributed by atoms with Gasteiger partial charge in [0, 0.05) is 5.57 Å². The lowest BCUT2D eigenvalue weighted by Gasteiger charge is -2.33. The molecular formula is C19H28O5. The first kappa shape index (κ1) is 20.2. The Kier molecular flexibility index (Phi) is 9.12. The highest BCUT2D eigenvalue weighted by Crippen LogP contribution is 2.25. The van der Waals surface area contributed by atoms with Crippen LogP contribution in [0.15, 0.2) is 42.5 Å². The van der Waals surface area contributed by atoms with E-state index in [0.717, 1.165) is 12.8 Å². The fourth-order valence-corrected chi connectivity index (χ4v) is 1.87. The molecule has 0 aliphatic heterocycles. The molecule has 1 aromatic carbocycles. The van der Waals surface area contributed by atoms with E-state index >= 15 is 0 Å². The van der Waals surface area contributed by atoms with Crippen molar-refractivity contribution in [3.63, 3.8) is 0 Å². The van der Waals surface area contributed by atoms with Crippen molar-refractivity contribution in [1.82, 2.24) is 0 Å². The van der Waals surface area contributed by atoms with E-state index in [1.54, 1.807) is 6.92 Å². The molecule has 5 heteroatoms.